The molecule has 0 amide bonds. The number of hydrogen-bond donors (Lipinski definition) is 2. The molecule has 0 aliphatic rings. The van der Waals surface area contributed by atoms with E-state index in [0.717, 1.165) is 25.8 Å². The van der Waals surface area contributed by atoms with Crippen LogP contribution in [-0.2, 0) is 9.47 Å². The van der Waals surface area contributed by atoms with E-state index in [1.165, 1.54) is 6.20 Å². The predicted molar refractivity (Wildman–Crippen MR) is 81.2 cm³/mol. The van der Waals surface area contributed by atoms with Gasteiger partial charge in [0, 0.05) is 26.8 Å². The van der Waals surface area contributed by atoms with Gasteiger partial charge >= 0.3 is 0 Å². The highest BCUT2D eigenvalue weighted by Gasteiger charge is 2.05. The summed E-state index contributed by atoms with van der Waals surface area (Å²) in [7, 11) is 1.65. The van der Waals surface area contributed by atoms with Gasteiger partial charge in [-0.25, -0.2) is 9.37 Å². The number of aromatic nitrogens is 2. The zero-order valence-electron chi connectivity index (χ0n) is 12.8. The Balaban J connectivity index is 2.21. The first kappa shape index (κ1) is 17.6. The summed E-state index contributed by atoms with van der Waals surface area (Å²) in [5, 5.41) is 6.02. The Kier molecular flexibility index (Phi) is 9.39. The summed E-state index contributed by atoms with van der Waals surface area (Å²) in [5.41, 5.74) is 0. The highest BCUT2D eigenvalue weighted by Crippen LogP contribution is 2.11. The van der Waals surface area contributed by atoms with Crippen molar-refractivity contribution in [2.75, 3.05) is 50.7 Å². The maximum Gasteiger partial charge on any atom is 0.224 e. The summed E-state index contributed by atoms with van der Waals surface area (Å²) in [6.07, 6.45) is 3.94. The van der Waals surface area contributed by atoms with Crippen molar-refractivity contribution in [1.82, 2.24) is 9.97 Å². The van der Waals surface area contributed by atoms with Crippen molar-refractivity contribution in [3.63, 3.8) is 0 Å². The van der Waals surface area contributed by atoms with Gasteiger partial charge < -0.3 is 20.1 Å². The van der Waals surface area contributed by atoms with E-state index in [1.807, 2.05) is 6.92 Å². The van der Waals surface area contributed by atoms with E-state index in [2.05, 4.69) is 20.6 Å². The normalized spacial score (nSPS) is 10.6. The summed E-state index contributed by atoms with van der Waals surface area (Å²) >= 11 is 0. The Bertz CT molecular complexity index is 393. The maximum atomic E-state index is 13.6. The minimum Gasteiger partial charge on any atom is -0.382 e. The predicted octanol–water partition coefficient (Wildman–Crippen LogP) is 2.29. The minimum absolute atomic E-state index is 0.240. The fraction of sp³-hybridized carbons (Fsp3) is 0.714. The van der Waals surface area contributed by atoms with Gasteiger partial charge in [0.1, 0.15) is 0 Å². The molecule has 0 aliphatic heterocycles. The molecular weight excluding hydrogens is 275 g/mol. The van der Waals surface area contributed by atoms with Gasteiger partial charge in [-0.15, -0.1) is 0 Å². The third kappa shape index (κ3) is 7.77. The number of nitrogens with one attached hydrogen (secondary N) is 2. The van der Waals surface area contributed by atoms with Crippen molar-refractivity contribution in [1.29, 1.82) is 0 Å². The van der Waals surface area contributed by atoms with Crippen molar-refractivity contribution in [2.24, 2.45) is 0 Å². The van der Waals surface area contributed by atoms with Gasteiger partial charge in [0.2, 0.25) is 5.95 Å². The molecule has 7 heteroatoms. The number of methoxy groups -OCH3 is 1. The van der Waals surface area contributed by atoms with Crippen LogP contribution in [0.5, 0.6) is 0 Å². The van der Waals surface area contributed by atoms with Gasteiger partial charge in [0.05, 0.1) is 19.4 Å². The Hall–Kier alpha value is -1.47. The number of ether oxygens (including phenoxy) is 2. The van der Waals surface area contributed by atoms with Crippen molar-refractivity contribution in [2.45, 2.75) is 26.2 Å². The quantitative estimate of drug-likeness (QED) is 0.577. The Labute approximate surface area is 125 Å². The average Bonchev–Trinajstić information content (AvgIpc) is 2.50. The second-order valence-electron chi connectivity index (χ2n) is 4.56. The van der Waals surface area contributed by atoms with E-state index in [1.54, 1.807) is 7.11 Å². The SMILES string of the molecule is CCCNc1ncc(F)c(NCCCCOCCOC)n1. The summed E-state index contributed by atoms with van der Waals surface area (Å²) in [6, 6.07) is 0. The van der Waals surface area contributed by atoms with Crippen molar-refractivity contribution in [3.8, 4) is 0 Å². The molecule has 6 nitrogen and oxygen atoms in total. The fourth-order valence-electron chi connectivity index (χ4n) is 1.59. The Morgan fingerprint density at radius 1 is 1.14 bits per heavy atom. The molecular formula is C14H25FN4O2. The average molecular weight is 300 g/mol. The number of nitrogens with zero attached hydrogens (tertiary/aromatic N) is 2. The van der Waals surface area contributed by atoms with Gasteiger partial charge in [-0.05, 0) is 19.3 Å². The molecule has 0 unspecified atom stereocenters. The van der Waals surface area contributed by atoms with E-state index in [-0.39, 0.29) is 5.82 Å². The van der Waals surface area contributed by atoms with Gasteiger partial charge in [-0.1, -0.05) is 6.92 Å². The van der Waals surface area contributed by atoms with Crippen molar-refractivity contribution in [3.05, 3.63) is 12.0 Å². The van der Waals surface area contributed by atoms with Crippen LogP contribution in [0.3, 0.4) is 0 Å². The molecule has 0 saturated carbocycles. The standard InChI is InChI=1S/C14H25FN4O2/c1-3-6-17-14-18-11-12(15)13(19-14)16-7-4-5-8-21-10-9-20-2/h11H,3-10H2,1-2H3,(H2,16,17,18,19). The number of anilines is 2. The van der Waals surface area contributed by atoms with Crippen LogP contribution in [0.4, 0.5) is 16.2 Å². The number of rotatable bonds is 12. The lowest BCUT2D eigenvalue weighted by atomic mass is 10.3. The van der Waals surface area contributed by atoms with Crippen LogP contribution < -0.4 is 10.6 Å². The third-order valence-electron chi connectivity index (χ3n) is 2.72. The smallest absolute Gasteiger partial charge is 0.224 e. The van der Waals surface area contributed by atoms with Crippen LogP contribution in [0, 0.1) is 5.82 Å². The topological polar surface area (TPSA) is 68.3 Å². The molecule has 1 aromatic heterocycles. The molecule has 1 aromatic rings. The molecule has 0 atom stereocenters. The highest BCUT2D eigenvalue weighted by molar-refractivity contribution is 5.40. The molecule has 0 aliphatic carbocycles. The van der Waals surface area contributed by atoms with E-state index in [0.29, 0.717) is 32.3 Å². The molecule has 0 radical (unpaired) electrons. The lowest BCUT2D eigenvalue weighted by molar-refractivity contribution is 0.0691. The summed E-state index contributed by atoms with van der Waals surface area (Å²) in [6.45, 7) is 5.36. The van der Waals surface area contributed by atoms with Crippen LogP contribution in [0.2, 0.25) is 0 Å². The molecule has 0 spiro atoms. The zero-order valence-corrected chi connectivity index (χ0v) is 12.8. The number of unbranched alkanes of at least 4 members (excludes halogenated alkanes) is 1. The van der Waals surface area contributed by atoms with Gasteiger partial charge in [0.15, 0.2) is 11.6 Å². The summed E-state index contributed by atoms with van der Waals surface area (Å²) in [4.78, 5) is 8.01. The van der Waals surface area contributed by atoms with E-state index in [9.17, 15) is 4.39 Å². The highest BCUT2D eigenvalue weighted by atomic mass is 19.1. The second-order valence-corrected chi connectivity index (χ2v) is 4.56. The summed E-state index contributed by atoms with van der Waals surface area (Å²) < 4.78 is 23.8. The first-order valence-corrected chi connectivity index (χ1v) is 7.35. The second kappa shape index (κ2) is 11.2. The van der Waals surface area contributed by atoms with Crippen LogP contribution in [0.1, 0.15) is 26.2 Å². The van der Waals surface area contributed by atoms with Gasteiger partial charge in [-0.3, -0.25) is 0 Å². The van der Waals surface area contributed by atoms with E-state index < -0.39 is 5.82 Å². The third-order valence-corrected chi connectivity index (χ3v) is 2.72. The molecule has 21 heavy (non-hydrogen) atoms. The molecule has 120 valence electrons. The molecule has 0 fully saturated rings. The molecule has 1 rings (SSSR count). The van der Waals surface area contributed by atoms with Gasteiger partial charge in [0.25, 0.3) is 0 Å². The van der Waals surface area contributed by atoms with Crippen LogP contribution in [0.25, 0.3) is 0 Å². The number of hydrogen-bond acceptors (Lipinski definition) is 6. The Morgan fingerprint density at radius 2 is 2.00 bits per heavy atom. The van der Waals surface area contributed by atoms with Crippen molar-refractivity contribution >= 4 is 11.8 Å². The summed E-state index contributed by atoms with van der Waals surface area (Å²) in [5.74, 6) is 0.251. The fourth-order valence-corrected chi connectivity index (χ4v) is 1.59. The molecule has 2 N–H and O–H groups in total. The zero-order chi connectivity index (χ0) is 15.3. The number of halogens is 1. The lowest BCUT2D eigenvalue weighted by Gasteiger charge is -2.09. The largest absolute Gasteiger partial charge is 0.382 e. The minimum atomic E-state index is -0.437. The van der Waals surface area contributed by atoms with E-state index >= 15 is 0 Å². The van der Waals surface area contributed by atoms with Gasteiger partial charge in [-0.2, -0.15) is 4.98 Å². The molecule has 0 saturated heterocycles. The first-order valence-electron chi connectivity index (χ1n) is 7.35. The molecule has 0 aromatic carbocycles. The van der Waals surface area contributed by atoms with E-state index in [4.69, 9.17) is 9.47 Å². The Morgan fingerprint density at radius 3 is 2.76 bits per heavy atom. The first-order chi connectivity index (χ1) is 10.3. The van der Waals surface area contributed by atoms with Crippen LogP contribution in [0.15, 0.2) is 6.20 Å². The molecule has 1 heterocycles. The monoisotopic (exact) mass is 300 g/mol. The van der Waals surface area contributed by atoms with Crippen molar-refractivity contribution < 1.29 is 13.9 Å². The molecule has 0 bridgehead atoms. The van der Waals surface area contributed by atoms with Crippen LogP contribution >= 0.6 is 0 Å². The lowest BCUT2D eigenvalue weighted by Crippen LogP contribution is -2.11. The maximum absolute atomic E-state index is 13.6. The van der Waals surface area contributed by atoms with Crippen LogP contribution in [-0.4, -0.2) is 50.0 Å².